The topological polar surface area (TPSA) is 162 Å². The molecular weight excluding hydrogens is 735 g/mol. The van der Waals surface area contributed by atoms with Crippen molar-refractivity contribution in [2.45, 2.75) is 50.2 Å². The fraction of sp³-hybridized carbons (Fsp3) is 0.275. The SMILES string of the molecule is COC(=O)N[C@@H](C(=O)N1CCC[C@H]1c1ncc(-c2nc3cc4sc(-c5cnc([C@@H]6CCCN6C(=O)Cc6ccccc6)[nH]5)nc4cc3s2)[nH]1)c1ccccc1. The molecule has 0 bridgehead atoms. The predicted molar refractivity (Wildman–Crippen MR) is 210 cm³/mol. The molecule has 2 fully saturated rings. The number of ether oxygens (including phenoxy) is 1. The number of nitrogens with one attached hydrogen (secondary N) is 3. The summed E-state index contributed by atoms with van der Waals surface area (Å²) in [6.07, 6.45) is 6.66. The molecular formula is C40H37N9O4S2. The molecule has 0 aliphatic carbocycles. The number of H-pyrrole nitrogens is 2. The number of nitrogens with zero attached hydrogens (tertiary/aromatic N) is 6. The van der Waals surface area contributed by atoms with Crippen molar-refractivity contribution < 1.29 is 19.1 Å². The van der Waals surface area contributed by atoms with Crippen molar-refractivity contribution in [2.24, 2.45) is 0 Å². The van der Waals surface area contributed by atoms with Crippen LogP contribution in [0.15, 0.2) is 85.2 Å². The molecule has 0 radical (unpaired) electrons. The number of hydrogen-bond donors (Lipinski definition) is 3. The zero-order chi connectivity index (χ0) is 37.5. The summed E-state index contributed by atoms with van der Waals surface area (Å²) < 4.78 is 6.83. The molecule has 55 heavy (non-hydrogen) atoms. The summed E-state index contributed by atoms with van der Waals surface area (Å²) in [5.41, 5.74) is 5.03. The molecule has 13 nitrogen and oxygen atoms in total. The minimum Gasteiger partial charge on any atom is -0.453 e. The van der Waals surface area contributed by atoms with Crippen LogP contribution in [-0.2, 0) is 20.7 Å². The number of aromatic nitrogens is 6. The number of methoxy groups -OCH3 is 1. The number of likely N-dealkylation sites (tertiary alicyclic amines) is 2. The van der Waals surface area contributed by atoms with Crippen LogP contribution in [-0.4, -0.2) is 77.8 Å². The highest BCUT2D eigenvalue weighted by atomic mass is 32.1. The van der Waals surface area contributed by atoms with Crippen molar-refractivity contribution in [3.63, 3.8) is 0 Å². The van der Waals surface area contributed by atoms with Gasteiger partial charge in [0.2, 0.25) is 5.91 Å². The Hall–Kier alpha value is -5.93. The maximum Gasteiger partial charge on any atom is 0.407 e. The second-order valence-corrected chi connectivity index (χ2v) is 15.8. The molecule has 3 N–H and O–H groups in total. The summed E-state index contributed by atoms with van der Waals surface area (Å²) in [6, 6.07) is 21.9. The van der Waals surface area contributed by atoms with E-state index in [4.69, 9.17) is 24.7 Å². The van der Waals surface area contributed by atoms with Gasteiger partial charge in [-0.1, -0.05) is 60.7 Å². The first-order valence-corrected chi connectivity index (χ1v) is 19.9. The molecule has 0 spiro atoms. The lowest BCUT2D eigenvalue weighted by atomic mass is 10.1. The average Bonchev–Trinajstić information content (AvgIpc) is 4.05. The molecule has 3 aromatic carbocycles. The number of alkyl carbamates (subject to hydrolysis) is 1. The Labute approximate surface area is 323 Å². The molecule has 0 saturated carbocycles. The van der Waals surface area contributed by atoms with Gasteiger partial charge in [-0.2, -0.15) is 0 Å². The van der Waals surface area contributed by atoms with E-state index in [1.54, 1.807) is 33.8 Å². The first-order valence-electron chi connectivity index (χ1n) is 18.3. The molecule has 6 heterocycles. The molecule has 15 heteroatoms. The van der Waals surface area contributed by atoms with E-state index in [0.29, 0.717) is 24.4 Å². The molecule has 2 saturated heterocycles. The number of thiazole rings is 2. The highest BCUT2D eigenvalue weighted by Gasteiger charge is 2.37. The average molecular weight is 772 g/mol. The van der Waals surface area contributed by atoms with E-state index in [0.717, 1.165) is 85.5 Å². The Kier molecular flexibility index (Phi) is 9.32. The smallest absolute Gasteiger partial charge is 0.407 e. The lowest BCUT2D eigenvalue weighted by molar-refractivity contribution is -0.134. The van der Waals surface area contributed by atoms with Crippen molar-refractivity contribution in [1.82, 2.24) is 45.0 Å². The van der Waals surface area contributed by atoms with Crippen LogP contribution < -0.4 is 5.32 Å². The Morgan fingerprint density at radius 1 is 0.800 bits per heavy atom. The summed E-state index contributed by atoms with van der Waals surface area (Å²) in [4.78, 5) is 69.3. The van der Waals surface area contributed by atoms with Gasteiger partial charge in [0.1, 0.15) is 27.7 Å². The number of carbonyl (C=O) groups is 3. The number of aromatic amines is 2. The van der Waals surface area contributed by atoms with E-state index >= 15 is 0 Å². The van der Waals surface area contributed by atoms with Gasteiger partial charge in [-0.15, -0.1) is 22.7 Å². The molecule has 2 aliphatic heterocycles. The third-order valence-electron chi connectivity index (χ3n) is 10.3. The fourth-order valence-corrected chi connectivity index (χ4v) is 9.51. The van der Waals surface area contributed by atoms with Crippen molar-refractivity contribution in [3.05, 3.63) is 108 Å². The highest BCUT2D eigenvalue weighted by molar-refractivity contribution is 7.23. The normalized spacial score (nSPS) is 17.6. The minimum absolute atomic E-state index is 0.0812. The van der Waals surface area contributed by atoms with E-state index < -0.39 is 12.1 Å². The Morgan fingerprint density at radius 3 is 1.93 bits per heavy atom. The first kappa shape index (κ1) is 34.8. The van der Waals surface area contributed by atoms with Crippen LogP contribution in [0.25, 0.3) is 41.8 Å². The molecule has 9 rings (SSSR count). The standard InChI is InChI=1S/C40H37N9O4S2/c1-53-40(52)47-34(24-12-6-3-7-13-24)39(51)49-17-9-15-30(49)36-42-22-28(44-36)38-46-26-20-31-25(19-32(26)55-38)45-37(54-31)27-21-41-35(43-27)29-14-8-16-48(29)33(50)18-23-10-4-2-5-11-23/h2-7,10-13,19-22,29-30,34H,8-9,14-18H2,1H3,(H,41,43)(H,42,44)(H,47,52)/t29-,30-,34+/m0/s1. The van der Waals surface area contributed by atoms with Crippen molar-refractivity contribution in [2.75, 3.05) is 20.2 Å². The summed E-state index contributed by atoms with van der Waals surface area (Å²) in [6.45, 7) is 1.27. The summed E-state index contributed by atoms with van der Waals surface area (Å²) in [7, 11) is 1.28. The maximum absolute atomic E-state index is 13.9. The van der Waals surface area contributed by atoms with Gasteiger partial charge in [0.05, 0.1) is 69.8 Å². The lowest BCUT2D eigenvalue weighted by Crippen LogP contribution is -2.42. The highest BCUT2D eigenvalue weighted by Crippen LogP contribution is 2.39. The van der Waals surface area contributed by atoms with E-state index in [9.17, 15) is 14.4 Å². The quantitative estimate of drug-likeness (QED) is 0.137. The van der Waals surface area contributed by atoms with Crippen LogP contribution in [0, 0.1) is 0 Å². The van der Waals surface area contributed by atoms with Crippen LogP contribution in [0.5, 0.6) is 0 Å². The van der Waals surface area contributed by atoms with Crippen LogP contribution in [0.2, 0.25) is 0 Å². The molecule has 278 valence electrons. The van der Waals surface area contributed by atoms with Crippen molar-refractivity contribution in [1.29, 1.82) is 0 Å². The van der Waals surface area contributed by atoms with Crippen LogP contribution in [0.1, 0.15) is 66.6 Å². The number of hydrogen-bond acceptors (Lipinski definition) is 10. The van der Waals surface area contributed by atoms with Crippen LogP contribution >= 0.6 is 22.7 Å². The number of fused-ring (bicyclic) bond motifs is 2. The van der Waals surface area contributed by atoms with Gasteiger partial charge < -0.3 is 29.8 Å². The van der Waals surface area contributed by atoms with Crippen LogP contribution in [0.3, 0.4) is 0 Å². The Morgan fingerprint density at radius 2 is 1.35 bits per heavy atom. The number of amides is 3. The molecule has 4 aromatic heterocycles. The van der Waals surface area contributed by atoms with Gasteiger partial charge in [0, 0.05) is 13.1 Å². The fourth-order valence-electron chi connectivity index (χ4n) is 7.62. The summed E-state index contributed by atoms with van der Waals surface area (Å²) in [5.74, 6) is 1.36. The molecule has 7 aromatic rings. The van der Waals surface area contributed by atoms with E-state index in [2.05, 4.69) is 27.4 Å². The third kappa shape index (κ3) is 6.85. The molecule has 3 atom stereocenters. The van der Waals surface area contributed by atoms with Crippen molar-refractivity contribution >= 4 is 61.0 Å². The zero-order valence-electron chi connectivity index (χ0n) is 29.9. The number of imidazole rings is 2. The Balaban J connectivity index is 0.914. The number of carbonyl (C=O) groups excluding carboxylic acids is 3. The number of rotatable bonds is 9. The molecule has 2 aliphatic rings. The van der Waals surface area contributed by atoms with E-state index in [1.807, 2.05) is 71.8 Å². The largest absolute Gasteiger partial charge is 0.453 e. The first-order chi connectivity index (χ1) is 26.9. The van der Waals surface area contributed by atoms with Gasteiger partial charge in [-0.3, -0.25) is 9.59 Å². The second kappa shape index (κ2) is 14.7. The zero-order valence-corrected chi connectivity index (χ0v) is 31.5. The van der Waals surface area contributed by atoms with Gasteiger partial charge in [0.25, 0.3) is 5.91 Å². The Bertz CT molecular complexity index is 2460. The maximum atomic E-state index is 13.9. The lowest BCUT2D eigenvalue weighted by Gasteiger charge is -2.28. The van der Waals surface area contributed by atoms with Crippen LogP contribution in [0.4, 0.5) is 4.79 Å². The summed E-state index contributed by atoms with van der Waals surface area (Å²) >= 11 is 3.13. The van der Waals surface area contributed by atoms with E-state index in [-0.39, 0.29) is 23.9 Å². The van der Waals surface area contributed by atoms with Gasteiger partial charge in [0.15, 0.2) is 0 Å². The van der Waals surface area contributed by atoms with Crippen molar-refractivity contribution in [3.8, 4) is 21.4 Å². The number of benzene rings is 3. The van der Waals surface area contributed by atoms with Gasteiger partial charge >= 0.3 is 6.09 Å². The third-order valence-corrected chi connectivity index (χ3v) is 12.4. The minimum atomic E-state index is -0.884. The monoisotopic (exact) mass is 771 g/mol. The molecule has 3 amide bonds. The molecule has 0 unspecified atom stereocenters. The van der Waals surface area contributed by atoms with E-state index in [1.165, 1.54) is 7.11 Å². The second-order valence-electron chi connectivity index (χ2n) is 13.8. The summed E-state index contributed by atoms with van der Waals surface area (Å²) in [5, 5.41) is 4.33. The van der Waals surface area contributed by atoms with Gasteiger partial charge in [-0.25, -0.2) is 24.7 Å². The predicted octanol–water partition coefficient (Wildman–Crippen LogP) is 7.35. The van der Waals surface area contributed by atoms with Gasteiger partial charge in [-0.05, 0) is 48.9 Å².